The molecule has 9 nitrogen and oxygen atoms in total. The van der Waals surface area contributed by atoms with Gasteiger partial charge >= 0.3 is 5.69 Å². The second kappa shape index (κ2) is 7.45. The van der Waals surface area contributed by atoms with Gasteiger partial charge in [-0.05, 0) is 31.5 Å². The summed E-state index contributed by atoms with van der Waals surface area (Å²) in [6.07, 6.45) is 1.61. The Morgan fingerprint density at radius 3 is 2.47 bits per heavy atom. The van der Waals surface area contributed by atoms with Crippen LogP contribution in [0.1, 0.15) is 16.8 Å². The van der Waals surface area contributed by atoms with Crippen LogP contribution in [0.3, 0.4) is 0 Å². The van der Waals surface area contributed by atoms with Crippen molar-refractivity contribution in [3.05, 3.63) is 80.3 Å². The summed E-state index contributed by atoms with van der Waals surface area (Å²) < 4.78 is 27.9. The molecule has 1 aromatic carbocycles. The molecule has 4 rings (SSSR count). The largest absolute Gasteiger partial charge is 0.349 e. The smallest absolute Gasteiger partial charge is 0.325 e. The van der Waals surface area contributed by atoms with Crippen LogP contribution in [0, 0.1) is 13.8 Å². The number of hydrogen-bond acceptors (Lipinski definition) is 6. The molecule has 2 N–H and O–H groups in total. The molecule has 1 aliphatic heterocycles. The Morgan fingerprint density at radius 1 is 1.03 bits per heavy atom. The normalized spacial score (nSPS) is 13.9. The fourth-order valence-electron chi connectivity index (χ4n) is 3.59. The van der Waals surface area contributed by atoms with Crippen LogP contribution < -0.4 is 20.5 Å². The van der Waals surface area contributed by atoms with Gasteiger partial charge in [0.25, 0.3) is 15.6 Å². The van der Waals surface area contributed by atoms with E-state index in [0.29, 0.717) is 24.6 Å². The Kier molecular flexibility index (Phi) is 4.94. The number of hydrogen-bond donors (Lipinski definition) is 2. The summed E-state index contributed by atoms with van der Waals surface area (Å²) in [6.45, 7) is 4.53. The highest BCUT2D eigenvalue weighted by Crippen LogP contribution is 2.35. The number of aromatic nitrogens is 3. The van der Waals surface area contributed by atoms with Gasteiger partial charge in [0.2, 0.25) is 0 Å². The van der Waals surface area contributed by atoms with Crippen molar-refractivity contribution in [3.63, 3.8) is 0 Å². The van der Waals surface area contributed by atoms with Crippen molar-refractivity contribution in [1.29, 1.82) is 0 Å². The van der Waals surface area contributed by atoms with Crippen LogP contribution in [0.2, 0.25) is 0 Å². The third kappa shape index (κ3) is 3.50. The maximum Gasteiger partial charge on any atom is 0.325 e. The van der Waals surface area contributed by atoms with Gasteiger partial charge in [-0.3, -0.25) is 14.1 Å². The number of nitrogens with zero attached hydrogens (tertiary/aromatic N) is 3. The van der Waals surface area contributed by atoms with Crippen LogP contribution in [0.25, 0.3) is 0 Å². The fourth-order valence-corrected chi connectivity index (χ4v) is 5.26. The number of nitrogens with one attached hydrogen (secondary N) is 2. The van der Waals surface area contributed by atoms with Crippen molar-refractivity contribution in [1.82, 2.24) is 15.0 Å². The number of pyridine rings is 1. The molecule has 10 heteroatoms. The summed E-state index contributed by atoms with van der Waals surface area (Å²) in [6, 6.07) is 11.4. The molecule has 2 aromatic heterocycles. The molecular weight excluding hydrogens is 406 g/mol. The maximum atomic E-state index is 13.3. The molecule has 0 saturated carbocycles. The molecular formula is C20H21N5O4S. The minimum absolute atomic E-state index is 0.00345. The van der Waals surface area contributed by atoms with Crippen LogP contribution in [0.5, 0.6) is 0 Å². The Balaban J connectivity index is 1.75. The van der Waals surface area contributed by atoms with Crippen molar-refractivity contribution in [3.8, 4) is 0 Å². The summed E-state index contributed by atoms with van der Waals surface area (Å²) in [7, 11) is -4.20. The van der Waals surface area contributed by atoms with Crippen molar-refractivity contribution in [2.45, 2.75) is 25.3 Å². The second-order valence-electron chi connectivity index (χ2n) is 7.19. The highest BCUT2D eigenvalue weighted by molar-refractivity contribution is 7.92. The van der Waals surface area contributed by atoms with Crippen LogP contribution in [0.15, 0.2) is 57.1 Å². The first-order chi connectivity index (χ1) is 14.3. The maximum absolute atomic E-state index is 13.3. The van der Waals surface area contributed by atoms with E-state index in [-0.39, 0.29) is 12.2 Å². The van der Waals surface area contributed by atoms with Gasteiger partial charge in [-0.25, -0.2) is 18.2 Å². The van der Waals surface area contributed by atoms with E-state index in [9.17, 15) is 18.0 Å². The number of anilines is 2. The van der Waals surface area contributed by atoms with Gasteiger partial charge in [0.1, 0.15) is 0 Å². The van der Waals surface area contributed by atoms with E-state index >= 15 is 0 Å². The first-order valence-corrected chi connectivity index (χ1v) is 10.8. The molecule has 0 amide bonds. The van der Waals surface area contributed by atoms with E-state index in [2.05, 4.69) is 9.97 Å². The number of rotatable bonds is 4. The highest BCUT2D eigenvalue weighted by atomic mass is 32.2. The van der Waals surface area contributed by atoms with Gasteiger partial charge < -0.3 is 9.88 Å². The second-order valence-corrected chi connectivity index (χ2v) is 8.99. The van der Waals surface area contributed by atoms with Crippen molar-refractivity contribution in [2.24, 2.45) is 0 Å². The summed E-state index contributed by atoms with van der Waals surface area (Å²) in [5, 5.41) is 0. The highest BCUT2D eigenvalue weighted by Gasteiger charge is 2.35. The zero-order valence-corrected chi connectivity index (χ0v) is 17.4. The lowest BCUT2D eigenvalue weighted by atomic mass is 10.1. The molecule has 0 fully saturated rings. The number of benzene rings is 1. The molecule has 0 unspecified atom stereocenters. The Morgan fingerprint density at radius 2 is 1.77 bits per heavy atom. The molecule has 0 atom stereocenters. The molecule has 0 bridgehead atoms. The summed E-state index contributed by atoms with van der Waals surface area (Å²) in [5.41, 5.74) is 0.943. The van der Waals surface area contributed by atoms with E-state index in [4.69, 9.17) is 0 Å². The monoisotopic (exact) mass is 427 g/mol. The average Bonchev–Trinajstić information content (AvgIpc) is 2.68. The number of fused-ring (bicyclic) bond motifs is 1. The SMILES string of the molecule is Cc1ccc(CN2CCN(S(=O)(=O)c3c(C)[nH]c(=O)[nH]c3=O)c3cccnc32)cc1. The average molecular weight is 427 g/mol. The quantitative estimate of drug-likeness (QED) is 0.648. The molecule has 0 spiro atoms. The minimum atomic E-state index is -4.20. The van der Waals surface area contributed by atoms with Crippen LogP contribution in [0.4, 0.5) is 11.5 Å². The van der Waals surface area contributed by atoms with E-state index < -0.39 is 26.2 Å². The van der Waals surface area contributed by atoms with Gasteiger partial charge in [0.05, 0.1) is 12.2 Å². The molecule has 3 heterocycles. The van der Waals surface area contributed by atoms with Gasteiger partial charge in [0, 0.05) is 25.0 Å². The van der Waals surface area contributed by atoms with Crippen molar-refractivity contribution >= 4 is 21.5 Å². The Labute approximate surface area is 173 Å². The molecule has 1 aliphatic rings. The summed E-state index contributed by atoms with van der Waals surface area (Å²) >= 11 is 0. The van der Waals surface area contributed by atoms with Gasteiger partial charge in [-0.15, -0.1) is 0 Å². The number of aryl methyl sites for hydroxylation is 2. The fraction of sp³-hybridized carbons (Fsp3) is 0.250. The van der Waals surface area contributed by atoms with Crippen LogP contribution in [-0.4, -0.2) is 36.5 Å². The van der Waals surface area contributed by atoms with Gasteiger partial charge in [0.15, 0.2) is 10.7 Å². The molecule has 156 valence electrons. The molecule has 0 aliphatic carbocycles. The van der Waals surface area contributed by atoms with E-state index in [1.54, 1.807) is 18.3 Å². The standard InChI is InChI=1S/C20H21N5O4S/c1-13-5-7-15(8-6-13)12-24-10-11-25(16-4-3-9-21-18(16)24)30(28,29)17-14(2)22-20(27)23-19(17)26/h3-9H,10-12H2,1-2H3,(H2,22,23,26,27). The third-order valence-corrected chi connectivity index (χ3v) is 6.99. The predicted molar refractivity (Wildman–Crippen MR) is 113 cm³/mol. The summed E-state index contributed by atoms with van der Waals surface area (Å²) in [4.78, 5) is 34.1. The zero-order valence-electron chi connectivity index (χ0n) is 16.5. The first-order valence-electron chi connectivity index (χ1n) is 9.39. The van der Waals surface area contributed by atoms with Crippen molar-refractivity contribution in [2.75, 3.05) is 22.3 Å². The molecule has 30 heavy (non-hydrogen) atoms. The van der Waals surface area contributed by atoms with E-state index in [0.717, 1.165) is 11.1 Å². The van der Waals surface area contributed by atoms with Crippen LogP contribution >= 0.6 is 0 Å². The third-order valence-electron chi connectivity index (χ3n) is 5.02. The number of aromatic amines is 2. The van der Waals surface area contributed by atoms with E-state index in [1.165, 1.54) is 11.2 Å². The molecule has 3 aromatic rings. The first kappa shape index (κ1) is 19.9. The molecule has 0 radical (unpaired) electrons. The Bertz CT molecular complexity index is 1310. The van der Waals surface area contributed by atoms with E-state index in [1.807, 2.05) is 41.1 Å². The molecule has 0 saturated heterocycles. The lowest BCUT2D eigenvalue weighted by Gasteiger charge is -2.37. The summed E-state index contributed by atoms with van der Waals surface area (Å²) in [5.74, 6) is 0.520. The van der Waals surface area contributed by atoms with Crippen LogP contribution in [-0.2, 0) is 16.6 Å². The number of sulfonamides is 1. The lowest BCUT2D eigenvalue weighted by Crippen LogP contribution is -2.46. The Hall–Kier alpha value is -3.40. The minimum Gasteiger partial charge on any atom is -0.349 e. The predicted octanol–water partition coefficient (Wildman–Crippen LogP) is 1.29. The van der Waals surface area contributed by atoms with Crippen molar-refractivity contribution < 1.29 is 8.42 Å². The van der Waals surface area contributed by atoms with Gasteiger partial charge in [-0.1, -0.05) is 29.8 Å². The van der Waals surface area contributed by atoms with Gasteiger partial charge in [-0.2, -0.15) is 0 Å². The number of H-pyrrole nitrogens is 2. The lowest BCUT2D eigenvalue weighted by molar-refractivity contribution is 0.584. The topological polar surface area (TPSA) is 119 Å². The zero-order chi connectivity index (χ0) is 21.5.